The number of ether oxygens (including phenoxy) is 1. The molecule has 0 saturated heterocycles. The molecule has 0 spiro atoms. The van der Waals surface area contributed by atoms with Gasteiger partial charge < -0.3 is 10.1 Å². The van der Waals surface area contributed by atoms with Crippen LogP contribution in [0.25, 0.3) is 0 Å². The SMILES string of the molecule is CC(NC(=O)COC(C)(C)C)c1ccc2c(c1)CCCC2. The lowest BCUT2D eigenvalue weighted by molar-refractivity contribution is -0.131. The second-order valence-corrected chi connectivity index (χ2v) is 6.93. The molecule has 1 aromatic rings. The van der Waals surface area contributed by atoms with Crippen molar-refractivity contribution in [1.82, 2.24) is 5.32 Å². The minimum absolute atomic E-state index is 0.0216. The lowest BCUT2D eigenvalue weighted by Gasteiger charge is -2.22. The number of rotatable bonds is 4. The average Bonchev–Trinajstić information content (AvgIpc) is 2.44. The van der Waals surface area contributed by atoms with Crippen LogP contribution in [-0.4, -0.2) is 18.1 Å². The van der Waals surface area contributed by atoms with Gasteiger partial charge in [-0.05, 0) is 70.1 Å². The highest BCUT2D eigenvalue weighted by atomic mass is 16.5. The molecular weight excluding hydrogens is 262 g/mol. The van der Waals surface area contributed by atoms with Crippen LogP contribution >= 0.6 is 0 Å². The van der Waals surface area contributed by atoms with Crippen LogP contribution in [0, 0.1) is 0 Å². The van der Waals surface area contributed by atoms with Gasteiger partial charge in [0.05, 0.1) is 11.6 Å². The summed E-state index contributed by atoms with van der Waals surface area (Å²) in [6.45, 7) is 7.99. The van der Waals surface area contributed by atoms with E-state index < -0.39 is 0 Å². The van der Waals surface area contributed by atoms with Gasteiger partial charge in [0.25, 0.3) is 0 Å². The second kappa shape index (κ2) is 6.61. The van der Waals surface area contributed by atoms with Crippen LogP contribution in [0.2, 0.25) is 0 Å². The number of hydrogen-bond acceptors (Lipinski definition) is 2. The number of carbonyl (C=O) groups is 1. The molecule has 0 radical (unpaired) electrons. The molecular formula is C18H27NO2. The Bertz CT molecular complexity index is 502. The molecule has 3 nitrogen and oxygen atoms in total. The summed E-state index contributed by atoms with van der Waals surface area (Å²) in [5.74, 6) is -0.0601. The fourth-order valence-corrected chi connectivity index (χ4v) is 2.67. The number of carbonyl (C=O) groups excluding carboxylic acids is 1. The Kier molecular flexibility index (Phi) is 5.04. The summed E-state index contributed by atoms with van der Waals surface area (Å²) in [7, 11) is 0. The molecule has 1 N–H and O–H groups in total. The zero-order valence-corrected chi connectivity index (χ0v) is 13.7. The number of amides is 1. The van der Waals surface area contributed by atoms with Crippen molar-refractivity contribution in [1.29, 1.82) is 0 Å². The van der Waals surface area contributed by atoms with E-state index in [-0.39, 0.29) is 24.2 Å². The van der Waals surface area contributed by atoms with E-state index in [1.165, 1.54) is 36.0 Å². The number of hydrogen-bond donors (Lipinski definition) is 1. The highest BCUT2D eigenvalue weighted by Crippen LogP contribution is 2.24. The molecule has 1 aromatic carbocycles. The standard InChI is InChI=1S/C18H27NO2/c1-13(19-17(20)12-21-18(2,3)4)15-10-9-14-7-5-6-8-16(14)11-15/h9-11,13H,5-8,12H2,1-4H3,(H,19,20). The first-order chi connectivity index (χ1) is 9.85. The molecule has 1 amide bonds. The predicted molar refractivity (Wildman–Crippen MR) is 85.3 cm³/mol. The maximum absolute atomic E-state index is 11.9. The third kappa shape index (κ3) is 4.85. The van der Waals surface area contributed by atoms with Crippen molar-refractivity contribution in [3.63, 3.8) is 0 Å². The molecule has 1 unspecified atom stereocenters. The van der Waals surface area contributed by atoms with Crippen LogP contribution in [-0.2, 0) is 22.4 Å². The molecule has 0 saturated carbocycles. The van der Waals surface area contributed by atoms with Gasteiger partial charge in [-0.2, -0.15) is 0 Å². The molecule has 1 aliphatic carbocycles. The summed E-state index contributed by atoms with van der Waals surface area (Å²) >= 11 is 0. The molecule has 1 aliphatic rings. The number of fused-ring (bicyclic) bond motifs is 1. The molecule has 21 heavy (non-hydrogen) atoms. The summed E-state index contributed by atoms with van der Waals surface area (Å²) in [5.41, 5.74) is 3.82. The van der Waals surface area contributed by atoms with Gasteiger partial charge in [-0.3, -0.25) is 4.79 Å². The zero-order chi connectivity index (χ0) is 15.5. The summed E-state index contributed by atoms with van der Waals surface area (Å²) in [6, 6.07) is 6.63. The highest BCUT2D eigenvalue weighted by Gasteiger charge is 2.16. The maximum atomic E-state index is 11.9. The lowest BCUT2D eigenvalue weighted by atomic mass is 9.89. The molecule has 0 heterocycles. The van der Waals surface area contributed by atoms with Crippen LogP contribution in [0.3, 0.4) is 0 Å². The number of aryl methyl sites for hydroxylation is 2. The largest absolute Gasteiger partial charge is 0.366 e. The van der Waals surface area contributed by atoms with Gasteiger partial charge in [-0.15, -0.1) is 0 Å². The van der Waals surface area contributed by atoms with Crippen LogP contribution in [0.1, 0.15) is 63.3 Å². The Morgan fingerprint density at radius 1 is 1.24 bits per heavy atom. The molecule has 0 aromatic heterocycles. The fourth-order valence-electron chi connectivity index (χ4n) is 2.67. The topological polar surface area (TPSA) is 38.3 Å². The second-order valence-electron chi connectivity index (χ2n) is 6.93. The zero-order valence-electron chi connectivity index (χ0n) is 13.7. The van der Waals surface area contributed by atoms with Crippen molar-refractivity contribution in [3.8, 4) is 0 Å². The van der Waals surface area contributed by atoms with Gasteiger partial charge in [0, 0.05) is 0 Å². The average molecular weight is 289 g/mol. The van der Waals surface area contributed by atoms with Crippen molar-refractivity contribution >= 4 is 5.91 Å². The van der Waals surface area contributed by atoms with Gasteiger partial charge in [-0.1, -0.05) is 18.2 Å². The van der Waals surface area contributed by atoms with Crippen LogP contribution in [0.15, 0.2) is 18.2 Å². The Labute approximate surface area is 128 Å². The normalized spacial score (nSPS) is 16.2. The monoisotopic (exact) mass is 289 g/mol. The minimum atomic E-state index is -0.285. The number of nitrogens with one attached hydrogen (secondary N) is 1. The summed E-state index contributed by atoms with van der Waals surface area (Å²) < 4.78 is 5.51. The first-order valence-electron chi connectivity index (χ1n) is 7.90. The molecule has 0 fully saturated rings. The molecule has 0 bridgehead atoms. The first-order valence-corrected chi connectivity index (χ1v) is 7.90. The third-order valence-corrected chi connectivity index (χ3v) is 3.89. The fraction of sp³-hybridized carbons (Fsp3) is 0.611. The predicted octanol–water partition coefficient (Wildman–Crippen LogP) is 3.56. The van der Waals surface area contributed by atoms with Crippen molar-refractivity contribution in [2.24, 2.45) is 0 Å². The Hall–Kier alpha value is -1.35. The van der Waals surface area contributed by atoms with E-state index >= 15 is 0 Å². The van der Waals surface area contributed by atoms with Gasteiger partial charge in [0.2, 0.25) is 5.91 Å². The van der Waals surface area contributed by atoms with Crippen molar-refractivity contribution < 1.29 is 9.53 Å². The molecule has 116 valence electrons. The van der Waals surface area contributed by atoms with E-state index in [0.717, 1.165) is 6.42 Å². The lowest BCUT2D eigenvalue weighted by Crippen LogP contribution is -2.33. The van der Waals surface area contributed by atoms with E-state index in [4.69, 9.17) is 4.74 Å². The summed E-state index contributed by atoms with van der Waals surface area (Å²) in [4.78, 5) is 11.9. The van der Waals surface area contributed by atoms with E-state index in [2.05, 4.69) is 23.5 Å². The summed E-state index contributed by atoms with van der Waals surface area (Å²) in [5, 5.41) is 3.01. The first kappa shape index (κ1) is 16.0. The van der Waals surface area contributed by atoms with Crippen LogP contribution in [0.5, 0.6) is 0 Å². The van der Waals surface area contributed by atoms with Crippen molar-refractivity contribution in [2.75, 3.05) is 6.61 Å². The van der Waals surface area contributed by atoms with Crippen LogP contribution < -0.4 is 5.32 Å². The van der Waals surface area contributed by atoms with Crippen molar-refractivity contribution in [2.45, 2.75) is 65.0 Å². The third-order valence-electron chi connectivity index (χ3n) is 3.89. The van der Waals surface area contributed by atoms with Crippen LogP contribution in [0.4, 0.5) is 0 Å². The quantitative estimate of drug-likeness (QED) is 0.920. The van der Waals surface area contributed by atoms with Gasteiger partial charge in [0.15, 0.2) is 0 Å². The Morgan fingerprint density at radius 3 is 2.57 bits per heavy atom. The van der Waals surface area contributed by atoms with E-state index in [0.29, 0.717) is 0 Å². The Morgan fingerprint density at radius 2 is 1.90 bits per heavy atom. The van der Waals surface area contributed by atoms with Gasteiger partial charge in [-0.25, -0.2) is 0 Å². The van der Waals surface area contributed by atoms with E-state index in [1.807, 2.05) is 27.7 Å². The Balaban J connectivity index is 1.94. The van der Waals surface area contributed by atoms with Crippen molar-refractivity contribution in [3.05, 3.63) is 34.9 Å². The molecule has 1 atom stereocenters. The number of benzene rings is 1. The minimum Gasteiger partial charge on any atom is -0.366 e. The smallest absolute Gasteiger partial charge is 0.246 e. The molecule has 2 rings (SSSR count). The van der Waals surface area contributed by atoms with Gasteiger partial charge in [0.1, 0.15) is 6.61 Å². The molecule has 0 aliphatic heterocycles. The molecule has 3 heteroatoms. The highest BCUT2D eigenvalue weighted by molar-refractivity contribution is 5.77. The van der Waals surface area contributed by atoms with E-state index in [9.17, 15) is 4.79 Å². The van der Waals surface area contributed by atoms with E-state index in [1.54, 1.807) is 0 Å². The summed E-state index contributed by atoms with van der Waals surface area (Å²) in [6.07, 6.45) is 4.92. The van der Waals surface area contributed by atoms with Gasteiger partial charge >= 0.3 is 0 Å². The maximum Gasteiger partial charge on any atom is 0.246 e.